The molecule has 0 heterocycles. The van der Waals surface area contributed by atoms with Gasteiger partial charge in [-0.3, -0.25) is 9.59 Å². The first kappa shape index (κ1) is 18.2. The summed E-state index contributed by atoms with van der Waals surface area (Å²) in [5.74, 6) is -0.791. The zero-order valence-corrected chi connectivity index (χ0v) is 14.3. The number of ketones is 1. The van der Waals surface area contributed by atoms with Crippen molar-refractivity contribution in [1.82, 2.24) is 0 Å². The summed E-state index contributed by atoms with van der Waals surface area (Å²) in [4.78, 5) is 36.1. The van der Waals surface area contributed by atoms with Gasteiger partial charge >= 0.3 is 5.97 Å². The molecule has 2 aromatic carbocycles. The van der Waals surface area contributed by atoms with E-state index in [9.17, 15) is 14.4 Å². The molecule has 0 saturated heterocycles. The average Bonchev–Trinajstić information content (AvgIpc) is 2.62. The molecule has 6 heteroatoms. The molecule has 0 unspecified atom stereocenters. The Morgan fingerprint density at radius 2 is 1.72 bits per heavy atom. The number of hydrogen-bond donors (Lipinski definition) is 1. The van der Waals surface area contributed by atoms with Gasteiger partial charge in [0.2, 0.25) is 0 Å². The van der Waals surface area contributed by atoms with E-state index in [0.29, 0.717) is 23.6 Å². The quantitative estimate of drug-likeness (QED) is 0.644. The molecule has 6 nitrogen and oxygen atoms in total. The van der Waals surface area contributed by atoms with E-state index >= 15 is 0 Å². The fourth-order valence-electron chi connectivity index (χ4n) is 2.29. The highest BCUT2D eigenvalue weighted by atomic mass is 16.5. The van der Waals surface area contributed by atoms with Crippen molar-refractivity contribution in [3.8, 4) is 5.75 Å². The minimum absolute atomic E-state index is 0.131. The summed E-state index contributed by atoms with van der Waals surface area (Å²) in [6.45, 7) is 3.66. The lowest BCUT2D eigenvalue weighted by Gasteiger charge is -2.14. The van der Waals surface area contributed by atoms with E-state index < -0.39 is 11.9 Å². The maximum Gasteiger partial charge on any atom is 0.338 e. The van der Waals surface area contributed by atoms with Gasteiger partial charge in [-0.25, -0.2) is 4.79 Å². The van der Waals surface area contributed by atoms with Crippen LogP contribution in [0.1, 0.15) is 44.9 Å². The van der Waals surface area contributed by atoms with Crippen molar-refractivity contribution < 1.29 is 23.9 Å². The maximum atomic E-state index is 12.6. The number of amides is 1. The number of nitrogens with one attached hydrogen (secondary N) is 1. The first-order valence-electron chi connectivity index (χ1n) is 7.74. The van der Waals surface area contributed by atoms with Crippen LogP contribution in [0.4, 0.5) is 5.69 Å². The molecule has 0 radical (unpaired) electrons. The molecule has 0 saturated carbocycles. The summed E-state index contributed by atoms with van der Waals surface area (Å²) in [5, 5.41) is 2.70. The zero-order chi connectivity index (χ0) is 18.4. The summed E-state index contributed by atoms with van der Waals surface area (Å²) < 4.78 is 10.2. The number of carbonyl (C=O) groups is 3. The highest BCUT2D eigenvalue weighted by molar-refractivity contribution is 6.11. The van der Waals surface area contributed by atoms with Crippen molar-refractivity contribution >= 4 is 23.3 Å². The van der Waals surface area contributed by atoms with Crippen molar-refractivity contribution in [3.05, 3.63) is 59.2 Å². The zero-order valence-electron chi connectivity index (χ0n) is 14.3. The Bertz CT molecular complexity index is 813. The lowest BCUT2D eigenvalue weighted by molar-refractivity contribution is 0.0597. The molecule has 0 bridgehead atoms. The van der Waals surface area contributed by atoms with Crippen LogP contribution < -0.4 is 10.1 Å². The number of esters is 1. The SMILES string of the molecule is CCOc1ccc(C(C)=O)cc1NC(=O)c1ccccc1C(=O)OC. The van der Waals surface area contributed by atoms with Crippen LogP contribution in [0, 0.1) is 0 Å². The summed E-state index contributed by atoms with van der Waals surface area (Å²) in [7, 11) is 1.25. The fraction of sp³-hybridized carbons (Fsp3) is 0.211. The summed E-state index contributed by atoms with van der Waals surface area (Å²) in [6, 6.07) is 11.1. The molecule has 0 spiro atoms. The normalized spacial score (nSPS) is 10.0. The van der Waals surface area contributed by atoms with Crippen LogP contribution in [0.2, 0.25) is 0 Å². The van der Waals surface area contributed by atoms with Gasteiger partial charge in [0, 0.05) is 5.56 Å². The number of ether oxygens (including phenoxy) is 2. The van der Waals surface area contributed by atoms with Gasteiger partial charge < -0.3 is 14.8 Å². The Morgan fingerprint density at radius 3 is 2.32 bits per heavy atom. The third kappa shape index (κ3) is 4.23. The first-order valence-corrected chi connectivity index (χ1v) is 7.74. The van der Waals surface area contributed by atoms with Gasteiger partial charge in [0.15, 0.2) is 5.78 Å². The Labute approximate surface area is 145 Å². The molecule has 0 aliphatic rings. The van der Waals surface area contributed by atoms with Gasteiger partial charge in [-0.15, -0.1) is 0 Å². The minimum Gasteiger partial charge on any atom is -0.492 e. The molecule has 1 amide bonds. The van der Waals surface area contributed by atoms with Crippen LogP contribution in [0.25, 0.3) is 0 Å². The lowest BCUT2D eigenvalue weighted by Crippen LogP contribution is -2.18. The van der Waals surface area contributed by atoms with Crippen molar-refractivity contribution in [1.29, 1.82) is 0 Å². The maximum absolute atomic E-state index is 12.6. The van der Waals surface area contributed by atoms with Gasteiger partial charge in [0.05, 0.1) is 30.5 Å². The molecule has 130 valence electrons. The molecule has 0 aliphatic heterocycles. The summed E-state index contributed by atoms with van der Waals surface area (Å²) >= 11 is 0. The molecule has 1 N–H and O–H groups in total. The van der Waals surface area contributed by atoms with Crippen LogP contribution in [0.3, 0.4) is 0 Å². The second-order valence-corrected chi connectivity index (χ2v) is 5.19. The first-order chi connectivity index (χ1) is 12.0. The predicted molar refractivity (Wildman–Crippen MR) is 93.4 cm³/mol. The van der Waals surface area contributed by atoms with E-state index in [-0.39, 0.29) is 16.9 Å². The standard InChI is InChI=1S/C19H19NO5/c1-4-25-17-10-9-13(12(2)21)11-16(17)20-18(22)14-7-5-6-8-15(14)19(23)24-3/h5-11H,4H2,1-3H3,(H,20,22). The van der Waals surface area contributed by atoms with Crippen molar-refractivity contribution in [2.45, 2.75) is 13.8 Å². The van der Waals surface area contributed by atoms with Gasteiger partial charge in [0.1, 0.15) is 5.75 Å². The largest absolute Gasteiger partial charge is 0.492 e. The molecule has 0 aromatic heterocycles. The highest BCUT2D eigenvalue weighted by Gasteiger charge is 2.18. The number of Topliss-reactive ketones (excluding diaryl/α,β-unsaturated/α-hetero) is 1. The Kier molecular flexibility index (Phi) is 5.89. The number of anilines is 1. The second kappa shape index (κ2) is 8.10. The van der Waals surface area contributed by atoms with Gasteiger partial charge in [-0.1, -0.05) is 12.1 Å². The predicted octanol–water partition coefficient (Wildman–Crippen LogP) is 3.33. The van der Waals surface area contributed by atoms with E-state index in [1.807, 2.05) is 6.92 Å². The Morgan fingerprint density at radius 1 is 1.04 bits per heavy atom. The fourth-order valence-corrected chi connectivity index (χ4v) is 2.29. The average molecular weight is 341 g/mol. The molecule has 0 fully saturated rings. The van der Waals surface area contributed by atoms with Gasteiger partial charge in [0.25, 0.3) is 5.91 Å². The van der Waals surface area contributed by atoms with Crippen molar-refractivity contribution in [2.75, 3.05) is 19.0 Å². The highest BCUT2D eigenvalue weighted by Crippen LogP contribution is 2.27. The smallest absolute Gasteiger partial charge is 0.338 e. The van der Waals surface area contributed by atoms with E-state index in [1.54, 1.807) is 30.3 Å². The van der Waals surface area contributed by atoms with E-state index in [0.717, 1.165) is 0 Å². The number of hydrogen-bond acceptors (Lipinski definition) is 5. The third-order valence-corrected chi connectivity index (χ3v) is 3.51. The monoisotopic (exact) mass is 341 g/mol. The molecule has 0 atom stereocenters. The summed E-state index contributed by atoms with van der Waals surface area (Å²) in [5.41, 5.74) is 1.13. The molecule has 2 aromatic rings. The van der Waals surface area contributed by atoms with E-state index in [4.69, 9.17) is 9.47 Å². The molecule has 25 heavy (non-hydrogen) atoms. The topological polar surface area (TPSA) is 81.7 Å². The van der Waals surface area contributed by atoms with Gasteiger partial charge in [-0.2, -0.15) is 0 Å². The van der Waals surface area contributed by atoms with Crippen LogP contribution in [0.15, 0.2) is 42.5 Å². The number of carbonyl (C=O) groups excluding carboxylic acids is 3. The van der Waals surface area contributed by atoms with E-state index in [1.165, 1.54) is 26.2 Å². The van der Waals surface area contributed by atoms with Crippen LogP contribution in [-0.4, -0.2) is 31.4 Å². The van der Waals surface area contributed by atoms with Gasteiger partial charge in [-0.05, 0) is 44.2 Å². The molecule has 2 rings (SSSR count). The Hall–Kier alpha value is -3.15. The number of methoxy groups -OCH3 is 1. The molecular weight excluding hydrogens is 322 g/mol. The number of rotatable bonds is 6. The summed E-state index contributed by atoms with van der Waals surface area (Å²) in [6.07, 6.45) is 0. The lowest BCUT2D eigenvalue weighted by atomic mass is 10.1. The van der Waals surface area contributed by atoms with Crippen LogP contribution in [0.5, 0.6) is 5.75 Å². The second-order valence-electron chi connectivity index (χ2n) is 5.19. The third-order valence-electron chi connectivity index (χ3n) is 3.51. The van der Waals surface area contributed by atoms with Crippen molar-refractivity contribution in [2.24, 2.45) is 0 Å². The number of benzene rings is 2. The van der Waals surface area contributed by atoms with E-state index in [2.05, 4.69) is 5.32 Å². The molecule has 0 aliphatic carbocycles. The van der Waals surface area contributed by atoms with Crippen LogP contribution >= 0.6 is 0 Å². The minimum atomic E-state index is -0.603. The van der Waals surface area contributed by atoms with Crippen LogP contribution in [-0.2, 0) is 4.74 Å². The van der Waals surface area contributed by atoms with Crippen molar-refractivity contribution in [3.63, 3.8) is 0 Å². The molecular formula is C19H19NO5. The Balaban J connectivity index is 2.39.